The van der Waals surface area contributed by atoms with E-state index in [0.29, 0.717) is 16.9 Å². The minimum atomic E-state index is -0.513. The first-order valence-electron chi connectivity index (χ1n) is 11.0. The third-order valence-electron chi connectivity index (χ3n) is 5.26. The van der Waals surface area contributed by atoms with Gasteiger partial charge < -0.3 is 15.1 Å². The van der Waals surface area contributed by atoms with Crippen molar-refractivity contribution in [1.29, 1.82) is 0 Å². The van der Waals surface area contributed by atoms with Crippen LogP contribution in [0.1, 0.15) is 27.2 Å². The fraction of sp³-hybridized carbons (Fsp3) is 0.0741. The number of aryl methyl sites for hydroxylation is 1. The molecule has 0 saturated heterocycles. The number of nitrogens with one attached hydrogen (secondary N) is 2. The number of rotatable bonds is 8. The monoisotopic (exact) mass is 482 g/mol. The van der Waals surface area contributed by atoms with Gasteiger partial charge in [-0.1, -0.05) is 29.8 Å². The van der Waals surface area contributed by atoms with Crippen molar-refractivity contribution in [3.05, 3.63) is 123 Å². The van der Waals surface area contributed by atoms with Crippen LogP contribution in [0.15, 0.2) is 95.3 Å². The van der Waals surface area contributed by atoms with Gasteiger partial charge in [0.1, 0.15) is 17.2 Å². The quantitative estimate of drug-likeness (QED) is 0.214. The highest BCUT2D eigenvalue weighted by molar-refractivity contribution is 6.05. The highest BCUT2D eigenvalue weighted by Crippen LogP contribution is 2.26. The molecule has 2 aromatic carbocycles. The first-order chi connectivity index (χ1) is 17.4. The van der Waals surface area contributed by atoms with Crippen LogP contribution in [0.25, 0.3) is 17.4 Å². The lowest BCUT2D eigenvalue weighted by Crippen LogP contribution is -2.34. The SMILES string of the molecule is Cc1ccc(C(=O)N/C(=C\c2ccc(-c3cccc([N+](=O)[O-])c3)o2)C(=O)NCc2ccncc2)cc1. The zero-order valence-electron chi connectivity index (χ0n) is 19.3. The minimum Gasteiger partial charge on any atom is -0.457 e. The number of nitrogens with zero attached hydrogens (tertiary/aromatic N) is 2. The summed E-state index contributed by atoms with van der Waals surface area (Å²) in [7, 11) is 0. The van der Waals surface area contributed by atoms with Crippen molar-refractivity contribution in [2.75, 3.05) is 0 Å². The van der Waals surface area contributed by atoms with Crippen molar-refractivity contribution < 1.29 is 18.9 Å². The number of nitro benzene ring substituents is 1. The van der Waals surface area contributed by atoms with Gasteiger partial charge in [0.2, 0.25) is 0 Å². The minimum absolute atomic E-state index is 0.0189. The summed E-state index contributed by atoms with van der Waals surface area (Å²) < 4.78 is 5.81. The summed E-state index contributed by atoms with van der Waals surface area (Å²) in [6.45, 7) is 2.14. The van der Waals surface area contributed by atoms with Gasteiger partial charge >= 0.3 is 0 Å². The van der Waals surface area contributed by atoms with Crippen molar-refractivity contribution >= 4 is 23.6 Å². The van der Waals surface area contributed by atoms with Crippen molar-refractivity contribution in [2.24, 2.45) is 0 Å². The molecule has 9 heteroatoms. The molecule has 0 unspecified atom stereocenters. The van der Waals surface area contributed by atoms with E-state index in [1.807, 2.05) is 6.92 Å². The summed E-state index contributed by atoms with van der Waals surface area (Å²) in [5.74, 6) is -0.299. The number of carbonyl (C=O) groups excluding carboxylic acids is 2. The molecule has 36 heavy (non-hydrogen) atoms. The highest BCUT2D eigenvalue weighted by atomic mass is 16.6. The maximum absolute atomic E-state index is 13.0. The van der Waals surface area contributed by atoms with Crippen molar-refractivity contribution in [2.45, 2.75) is 13.5 Å². The van der Waals surface area contributed by atoms with Gasteiger partial charge in [0.15, 0.2) is 0 Å². The van der Waals surface area contributed by atoms with Crippen LogP contribution in [-0.4, -0.2) is 21.7 Å². The number of hydrogen-bond donors (Lipinski definition) is 2. The predicted molar refractivity (Wildman–Crippen MR) is 134 cm³/mol. The number of aromatic nitrogens is 1. The van der Waals surface area contributed by atoms with E-state index < -0.39 is 16.7 Å². The molecular formula is C27H22N4O5. The maximum Gasteiger partial charge on any atom is 0.270 e. The van der Waals surface area contributed by atoms with Gasteiger partial charge in [-0.2, -0.15) is 0 Å². The molecule has 4 aromatic rings. The summed E-state index contributed by atoms with van der Waals surface area (Å²) in [6, 6.07) is 19.8. The van der Waals surface area contributed by atoms with Crippen LogP contribution >= 0.6 is 0 Å². The van der Waals surface area contributed by atoms with Crippen LogP contribution in [0.3, 0.4) is 0 Å². The van der Waals surface area contributed by atoms with Crippen LogP contribution in [-0.2, 0) is 11.3 Å². The Morgan fingerprint density at radius 3 is 2.50 bits per heavy atom. The molecule has 0 spiro atoms. The molecule has 0 radical (unpaired) electrons. The summed E-state index contributed by atoms with van der Waals surface area (Å²) in [6.07, 6.45) is 4.65. The fourth-order valence-electron chi connectivity index (χ4n) is 3.34. The lowest BCUT2D eigenvalue weighted by Gasteiger charge is -2.11. The standard InChI is InChI=1S/C27H22N4O5/c1-18-5-7-20(8-6-18)26(32)30-24(27(33)29-17-19-11-13-28-14-12-19)16-23-9-10-25(36-23)21-3-2-4-22(15-21)31(34)35/h2-16H,17H2,1H3,(H,29,33)(H,30,32)/b24-16-. The molecule has 0 aliphatic rings. The number of non-ortho nitro benzene ring substituents is 1. The molecule has 0 fully saturated rings. The predicted octanol–water partition coefficient (Wildman–Crippen LogP) is 4.65. The van der Waals surface area contributed by atoms with E-state index in [-0.39, 0.29) is 23.7 Å². The van der Waals surface area contributed by atoms with Gasteiger partial charge in [0.25, 0.3) is 17.5 Å². The molecule has 9 nitrogen and oxygen atoms in total. The van der Waals surface area contributed by atoms with Gasteiger partial charge in [0.05, 0.1) is 4.92 Å². The molecule has 0 bridgehead atoms. The average Bonchev–Trinajstić information content (AvgIpc) is 3.36. The molecular weight excluding hydrogens is 460 g/mol. The highest BCUT2D eigenvalue weighted by Gasteiger charge is 2.16. The Kier molecular flexibility index (Phi) is 7.30. The first kappa shape index (κ1) is 24.1. The van der Waals surface area contributed by atoms with Gasteiger partial charge in [0, 0.05) is 48.3 Å². The van der Waals surface area contributed by atoms with Crippen LogP contribution in [0, 0.1) is 17.0 Å². The van der Waals surface area contributed by atoms with E-state index in [1.54, 1.807) is 73.1 Å². The Hall–Kier alpha value is -5.05. The van der Waals surface area contributed by atoms with E-state index in [9.17, 15) is 19.7 Å². The number of nitro groups is 1. The molecule has 2 N–H and O–H groups in total. The molecule has 0 atom stereocenters. The molecule has 0 saturated carbocycles. The second-order valence-electron chi connectivity index (χ2n) is 7.93. The second-order valence-corrected chi connectivity index (χ2v) is 7.93. The molecule has 2 heterocycles. The fourth-order valence-corrected chi connectivity index (χ4v) is 3.34. The third kappa shape index (κ3) is 6.09. The van der Waals surface area contributed by atoms with Crippen LogP contribution in [0.2, 0.25) is 0 Å². The number of pyridine rings is 1. The lowest BCUT2D eigenvalue weighted by atomic mass is 10.1. The molecule has 2 aromatic heterocycles. The van der Waals surface area contributed by atoms with E-state index in [0.717, 1.165) is 11.1 Å². The Labute approximate surface area is 206 Å². The molecule has 0 aliphatic carbocycles. The number of benzene rings is 2. The van der Waals surface area contributed by atoms with Crippen LogP contribution in [0.5, 0.6) is 0 Å². The lowest BCUT2D eigenvalue weighted by molar-refractivity contribution is -0.384. The number of carbonyl (C=O) groups is 2. The molecule has 4 rings (SSSR count). The zero-order chi connectivity index (χ0) is 25.5. The summed E-state index contributed by atoms with van der Waals surface area (Å²) >= 11 is 0. The zero-order valence-corrected chi connectivity index (χ0v) is 19.3. The maximum atomic E-state index is 13.0. The summed E-state index contributed by atoms with van der Waals surface area (Å²) in [5, 5.41) is 16.5. The van der Waals surface area contributed by atoms with Crippen LogP contribution < -0.4 is 10.6 Å². The Morgan fingerprint density at radius 2 is 1.78 bits per heavy atom. The molecule has 2 amide bonds. The van der Waals surface area contributed by atoms with Crippen LogP contribution in [0.4, 0.5) is 5.69 Å². The summed E-state index contributed by atoms with van der Waals surface area (Å²) in [5.41, 5.74) is 2.66. The Bertz CT molecular complexity index is 1430. The van der Waals surface area contributed by atoms with E-state index in [1.165, 1.54) is 18.2 Å². The molecule has 0 aliphatic heterocycles. The second kappa shape index (κ2) is 10.9. The summed E-state index contributed by atoms with van der Waals surface area (Å²) in [4.78, 5) is 40.4. The van der Waals surface area contributed by atoms with Crippen molar-refractivity contribution in [3.63, 3.8) is 0 Å². The van der Waals surface area contributed by atoms with E-state index in [4.69, 9.17) is 4.42 Å². The number of hydrogen-bond acceptors (Lipinski definition) is 6. The van der Waals surface area contributed by atoms with Crippen molar-refractivity contribution in [1.82, 2.24) is 15.6 Å². The topological polar surface area (TPSA) is 127 Å². The normalized spacial score (nSPS) is 11.1. The van der Waals surface area contributed by atoms with Crippen molar-refractivity contribution in [3.8, 4) is 11.3 Å². The first-order valence-corrected chi connectivity index (χ1v) is 11.0. The van der Waals surface area contributed by atoms with Gasteiger partial charge in [-0.15, -0.1) is 0 Å². The van der Waals surface area contributed by atoms with Gasteiger partial charge in [-0.25, -0.2) is 0 Å². The third-order valence-corrected chi connectivity index (χ3v) is 5.26. The molecule has 180 valence electrons. The number of amides is 2. The Balaban J connectivity index is 1.59. The average molecular weight is 482 g/mol. The van der Waals surface area contributed by atoms with E-state index >= 15 is 0 Å². The van der Waals surface area contributed by atoms with E-state index in [2.05, 4.69) is 15.6 Å². The van der Waals surface area contributed by atoms with Gasteiger partial charge in [-0.05, 0) is 48.9 Å². The largest absolute Gasteiger partial charge is 0.457 e. The Morgan fingerprint density at radius 1 is 1.03 bits per heavy atom. The number of furan rings is 1. The van der Waals surface area contributed by atoms with Gasteiger partial charge in [-0.3, -0.25) is 24.7 Å². The smallest absolute Gasteiger partial charge is 0.270 e.